The Bertz CT molecular complexity index is 795. The Morgan fingerprint density at radius 2 is 2.12 bits per heavy atom. The highest BCUT2D eigenvalue weighted by Gasteiger charge is 2.14. The maximum atomic E-state index is 12.3. The van der Waals surface area contributed by atoms with Gasteiger partial charge in [0.1, 0.15) is 18.3 Å². The molecular formula is C17H19N5OS. The summed E-state index contributed by atoms with van der Waals surface area (Å²) in [4.78, 5) is 20.6. The second kappa shape index (κ2) is 7.35. The highest BCUT2D eigenvalue weighted by molar-refractivity contribution is 7.09. The lowest BCUT2D eigenvalue weighted by molar-refractivity contribution is 0.0931. The fraction of sp³-hybridized carbons (Fsp3) is 0.294. The number of hydrogen-bond acceptors (Lipinski definition) is 5. The summed E-state index contributed by atoms with van der Waals surface area (Å²) < 4.78 is 1.69. The summed E-state index contributed by atoms with van der Waals surface area (Å²) in [5.74, 6) is -0.158. The summed E-state index contributed by atoms with van der Waals surface area (Å²) in [6.45, 7) is 4.57. The zero-order chi connectivity index (χ0) is 16.9. The van der Waals surface area contributed by atoms with Gasteiger partial charge in [-0.3, -0.25) is 9.48 Å². The topological polar surface area (TPSA) is 72.7 Å². The Hall–Kier alpha value is -2.54. The number of rotatable bonds is 6. The van der Waals surface area contributed by atoms with Crippen LogP contribution in [0.2, 0.25) is 0 Å². The molecule has 0 spiro atoms. The van der Waals surface area contributed by atoms with E-state index in [1.165, 1.54) is 28.8 Å². The van der Waals surface area contributed by atoms with Gasteiger partial charge in [-0.25, -0.2) is 9.97 Å². The minimum Gasteiger partial charge on any atom is -0.346 e. The largest absolute Gasteiger partial charge is 0.346 e. The summed E-state index contributed by atoms with van der Waals surface area (Å²) in [5.41, 5.74) is 2.90. The van der Waals surface area contributed by atoms with Gasteiger partial charge in [0.2, 0.25) is 0 Å². The predicted molar refractivity (Wildman–Crippen MR) is 93.0 cm³/mol. The van der Waals surface area contributed by atoms with E-state index in [1.54, 1.807) is 16.4 Å². The molecule has 0 saturated carbocycles. The van der Waals surface area contributed by atoms with Crippen molar-refractivity contribution in [2.45, 2.75) is 32.9 Å². The summed E-state index contributed by atoms with van der Waals surface area (Å²) in [7, 11) is 0. The number of benzene rings is 1. The number of nitrogens with zero attached hydrogens (tertiary/aromatic N) is 4. The molecule has 3 aromatic rings. The van der Waals surface area contributed by atoms with Gasteiger partial charge < -0.3 is 5.32 Å². The van der Waals surface area contributed by atoms with Crippen molar-refractivity contribution in [1.82, 2.24) is 25.1 Å². The number of nitrogens with one attached hydrogen (secondary N) is 1. The third-order valence-electron chi connectivity index (χ3n) is 3.57. The van der Waals surface area contributed by atoms with Crippen molar-refractivity contribution >= 4 is 17.2 Å². The zero-order valence-electron chi connectivity index (χ0n) is 13.6. The van der Waals surface area contributed by atoms with Crippen molar-refractivity contribution in [1.29, 1.82) is 0 Å². The van der Waals surface area contributed by atoms with Crippen LogP contribution in [0.4, 0.5) is 0 Å². The van der Waals surface area contributed by atoms with E-state index in [4.69, 9.17) is 0 Å². The summed E-state index contributed by atoms with van der Waals surface area (Å²) in [6.07, 6.45) is 3.85. The van der Waals surface area contributed by atoms with Crippen LogP contribution in [0.1, 0.15) is 33.5 Å². The molecule has 0 aliphatic carbocycles. The molecule has 7 heteroatoms. The van der Waals surface area contributed by atoms with E-state index >= 15 is 0 Å². The average molecular weight is 341 g/mol. The molecule has 1 aromatic carbocycles. The zero-order valence-corrected chi connectivity index (χ0v) is 14.5. The Kier molecular flexibility index (Phi) is 5.00. The van der Waals surface area contributed by atoms with Crippen LogP contribution in [-0.4, -0.2) is 31.7 Å². The highest BCUT2D eigenvalue weighted by Crippen LogP contribution is 2.15. The Morgan fingerprint density at radius 3 is 2.83 bits per heavy atom. The van der Waals surface area contributed by atoms with Gasteiger partial charge in [-0.15, -0.1) is 11.3 Å². The number of carbonyl (C=O) groups is 1. The van der Waals surface area contributed by atoms with Crippen molar-refractivity contribution in [3.8, 4) is 0 Å². The highest BCUT2D eigenvalue weighted by atomic mass is 32.1. The first-order valence-corrected chi connectivity index (χ1v) is 8.61. The van der Waals surface area contributed by atoms with Crippen molar-refractivity contribution in [3.05, 3.63) is 64.1 Å². The van der Waals surface area contributed by atoms with Crippen molar-refractivity contribution < 1.29 is 4.79 Å². The van der Waals surface area contributed by atoms with Crippen molar-refractivity contribution in [3.63, 3.8) is 0 Å². The number of hydrogen-bond donors (Lipinski definition) is 1. The van der Waals surface area contributed by atoms with Crippen molar-refractivity contribution in [2.75, 3.05) is 0 Å². The Balaban J connectivity index is 1.58. The average Bonchev–Trinajstić information content (AvgIpc) is 3.21. The monoisotopic (exact) mass is 341 g/mol. The van der Waals surface area contributed by atoms with E-state index in [0.29, 0.717) is 12.2 Å². The maximum absolute atomic E-state index is 12.3. The van der Waals surface area contributed by atoms with Crippen LogP contribution in [0.5, 0.6) is 0 Å². The molecule has 6 nitrogen and oxygen atoms in total. The first-order chi connectivity index (χ1) is 11.6. The molecule has 2 aromatic heterocycles. The molecule has 1 amide bonds. The molecular weight excluding hydrogens is 322 g/mol. The summed E-state index contributed by atoms with van der Waals surface area (Å²) in [5, 5.41) is 9.71. The number of aryl methyl sites for hydroxylation is 1. The first kappa shape index (κ1) is 16.3. The summed E-state index contributed by atoms with van der Waals surface area (Å²) in [6, 6.07) is 8.31. The quantitative estimate of drug-likeness (QED) is 0.747. The molecule has 0 fully saturated rings. The first-order valence-electron chi connectivity index (χ1n) is 7.73. The molecule has 3 rings (SSSR count). The van der Waals surface area contributed by atoms with Crippen LogP contribution < -0.4 is 5.32 Å². The SMILES string of the molecule is Cc1ccc(Cc2nc(C(=O)N[C@H](C)Cn3cncn3)cs2)cc1. The standard InChI is InChI=1S/C17H19N5OS/c1-12-3-5-14(6-4-12)7-16-21-15(9-24-16)17(23)20-13(2)8-22-11-18-10-19-22/h3-6,9-11,13H,7-8H2,1-2H3,(H,20,23)/t13-/m1/s1. The van der Waals surface area contributed by atoms with E-state index in [-0.39, 0.29) is 11.9 Å². The predicted octanol–water partition coefficient (Wildman–Crippen LogP) is 2.45. The number of aromatic nitrogens is 4. The van der Waals surface area contributed by atoms with E-state index in [1.807, 2.05) is 6.92 Å². The van der Waals surface area contributed by atoms with Crippen LogP contribution in [-0.2, 0) is 13.0 Å². The smallest absolute Gasteiger partial charge is 0.271 e. The van der Waals surface area contributed by atoms with E-state index < -0.39 is 0 Å². The molecule has 1 atom stereocenters. The van der Waals surface area contributed by atoms with Gasteiger partial charge >= 0.3 is 0 Å². The molecule has 0 aliphatic rings. The number of amides is 1. The maximum Gasteiger partial charge on any atom is 0.271 e. The van der Waals surface area contributed by atoms with Gasteiger partial charge in [0.05, 0.1) is 11.6 Å². The molecule has 0 saturated heterocycles. The van der Waals surface area contributed by atoms with Crippen LogP contribution in [0.25, 0.3) is 0 Å². The van der Waals surface area contributed by atoms with Gasteiger partial charge in [0, 0.05) is 17.8 Å². The van der Waals surface area contributed by atoms with Gasteiger partial charge in [0.25, 0.3) is 5.91 Å². The second-order valence-corrected chi connectivity index (χ2v) is 6.72. The van der Waals surface area contributed by atoms with Gasteiger partial charge in [-0.1, -0.05) is 29.8 Å². The molecule has 24 heavy (non-hydrogen) atoms. The van der Waals surface area contributed by atoms with Gasteiger partial charge in [0.15, 0.2) is 0 Å². The second-order valence-electron chi connectivity index (χ2n) is 5.78. The third kappa shape index (κ3) is 4.26. The molecule has 2 heterocycles. The van der Waals surface area contributed by atoms with Crippen LogP contribution in [0, 0.1) is 6.92 Å². The molecule has 0 unspecified atom stereocenters. The van der Waals surface area contributed by atoms with Crippen LogP contribution >= 0.6 is 11.3 Å². The van der Waals surface area contributed by atoms with Gasteiger partial charge in [-0.2, -0.15) is 5.10 Å². The molecule has 1 N–H and O–H groups in total. The molecule has 0 radical (unpaired) electrons. The number of thiazole rings is 1. The fourth-order valence-corrected chi connectivity index (χ4v) is 3.14. The lowest BCUT2D eigenvalue weighted by atomic mass is 10.1. The minimum absolute atomic E-state index is 0.0542. The molecule has 0 aliphatic heterocycles. The van der Waals surface area contributed by atoms with E-state index in [0.717, 1.165) is 11.4 Å². The Morgan fingerprint density at radius 1 is 1.33 bits per heavy atom. The van der Waals surface area contributed by atoms with Crippen LogP contribution in [0.15, 0.2) is 42.3 Å². The van der Waals surface area contributed by atoms with Gasteiger partial charge in [-0.05, 0) is 19.4 Å². The van der Waals surface area contributed by atoms with Crippen molar-refractivity contribution in [2.24, 2.45) is 0 Å². The molecule has 124 valence electrons. The molecule has 0 bridgehead atoms. The summed E-state index contributed by atoms with van der Waals surface area (Å²) >= 11 is 1.51. The Labute approximate surface area is 144 Å². The lowest BCUT2D eigenvalue weighted by Crippen LogP contribution is -2.36. The lowest BCUT2D eigenvalue weighted by Gasteiger charge is -2.12. The van der Waals surface area contributed by atoms with Crippen LogP contribution in [0.3, 0.4) is 0 Å². The fourth-order valence-electron chi connectivity index (χ4n) is 2.33. The third-order valence-corrected chi connectivity index (χ3v) is 4.41. The minimum atomic E-state index is -0.158. The normalized spacial score (nSPS) is 12.1. The number of carbonyl (C=O) groups excluding carboxylic acids is 1. The van der Waals surface area contributed by atoms with E-state index in [9.17, 15) is 4.79 Å². The van der Waals surface area contributed by atoms with E-state index in [2.05, 4.69) is 51.6 Å².